The number of fused-ring (bicyclic) bond motifs is 4. The quantitative estimate of drug-likeness (QED) is 0.0366. The third-order valence-corrected chi connectivity index (χ3v) is 22.8. The van der Waals surface area contributed by atoms with Crippen LogP contribution in [0.5, 0.6) is 51.7 Å². The van der Waals surface area contributed by atoms with Crippen molar-refractivity contribution < 1.29 is 56.0 Å². The van der Waals surface area contributed by atoms with Gasteiger partial charge < -0.3 is 45.0 Å². The Labute approximate surface area is 841 Å². The van der Waals surface area contributed by atoms with E-state index in [1.165, 1.54) is 76.1 Å². The molecule has 20 aromatic rings. The van der Waals surface area contributed by atoms with Gasteiger partial charge in [-0.15, -0.1) is 0 Å². The normalized spacial score (nSPS) is 10.9. The molecule has 0 radical (unpaired) electrons. The molecule has 4 amide bonds. The monoisotopic (exact) mass is 1980 g/mol. The summed E-state index contributed by atoms with van der Waals surface area (Å²) in [5.74, 6) is 0.0876. The summed E-state index contributed by atoms with van der Waals surface area (Å²) in [6.07, 6.45) is 17.3. The summed E-state index contributed by atoms with van der Waals surface area (Å²) in [7, 11) is 0. The molecule has 0 fully saturated rings. The van der Waals surface area contributed by atoms with E-state index < -0.39 is 34.5 Å². The number of amides is 4. The number of carbonyl (C=O) groups is 4. The summed E-state index contributed by atoms with van der Waals surface area (Å²) >= 11 is 5.98. The molecule has 0 aliphatic carbocycles. The lowest BCUT2D eigenvalue weighted by atomic mass is 10.2. The minimum atomic E-state index is -0.654. The van der Waals surface area contributed by atoms with Crippen LogP contribution in [-0.4, -0.2) is 86.2 Å². The van der Waals surface area contributed by atoms with Gasteiger partial charge in [0.05, 0.1) is 121 Å². The maximum atomic E-state index is 15.3. The first-order valence-corrected chi connectivity index (χ1v) is 45.9. The number of nitrogens with one attached hydrogen (secondary N) is 4. The highest BCUT2D eigenvalue weighted by Crippen LogP contribution is 2.37. The number of hydrogen-bond donors (Lipinski definition) is 4. The predicted octanol–water partition coefficient (Wildman–Crippen LogP) is 23.2. The highest BCUT2D eigenvalue weighted by atomic mass is 35.5. The fraction of sp³-hybridized carbons (Fsp3) is 0.0526. The van der Waals surface area contributed by atoms with Crippen molar-refractivity contribution in [2.45, 2.75) is 40.7 Å². The molecule has 0 atom stereocenters. The molecule has 0 aliphatic rings. The number of imidazole rings is 4. The highest BCUT2D eigenvalue weighted by molar-refractivity contribution is 6.30. The van der Waals surface area contributed by atoms with Crippen molar-refractivity contribution in [2.75, 3.05) is 21.3 Å². The molecule has 12 aromatic carbocycles. The standard InChI is InChI=1S/C30H25FN4O4.C29H24N4O3.C28H21FN4O3.C27H18ClFN4O3/c1-4-29(36)33-20-7-5-8-21(15-20)34-26-13-14-32-18-27(26)35(30(34)37)22-11-12-28(25(31)16-22)39-24-10-6-9-23(17-24)38-19(2)3;1-4-28(34)31-21-8-6-9-22(17-21)32-25-13-14-30-18-26(25)33(29(32)35)23-11-12-27(20(3)16-23)36-24-10-5-7-19(2)15-24;1-3-27(34)31-19-7-5-8-20(15-19)32-24-12-13-30-17-25(24)33(28(32)35)21-10-11-26(23(29)16-21)36-22-9-4-6-18(2)14-22;1-2-26(34)31-18-6-4-7-19(14-18)32-23-11-12-30-16-24(23)33(27(32)35)20-9-10-25(22(29)15-20)36-21-8-3-5-17(28)13-21/h4-19H,1H2,2-3H3,(H,33,36);4-18H,1H2,2-3H3,(H,31,34);3-17H,1H2,2H3,(H,31,34);2-16H,1H2,(H,31,34). The first-order chi connectivity index (χ1) is 71.2. The van der Waals surface area contributed by atoms with Crippen LogP contribution in [0.3, 0.4) is 0 Å². The van der Waals surface area contributed by atoms with Gasteiger partial charge in [-0.3, -0.25) is 75.7 Å². The van der Waals surface area contributed by atoms with Crippen LogP contribution in [0.15, 0.2) is 411 Å². The van der Waals surface area contributed by atoms with Crippen molar-refractivity contribution in [2.24, 2.45) is 0 Å². The zero-order valence-corrected chi connectivity index (χ0v) is 80.0. The summed E-state index contributed by atoms with van der Waals surface area (Å²) < 4.78 is 86.0. The largest absolute Gasteiger partial charge is 0.491 e. The van der Waals surface area contributed by atoms with E-state index in [1.807, 2.05) is 101 Å². The second-order valence-corrected chi connectivity index (χ2v) is 33.6. The van der Waals surface area contributed by atoms with Crippen molar-refractivity contribution >= 4 is 102 Å². The number of ether oxygens (including phenoxy) is 5. The van der Waals surface area contributed by atoms with Crippen molar-refractivity contribution in [3.63, 3.8) is 0 Å². The molecule has 33 heteroatoms. The number of nitrogens with zero attached hydrogens (tertiary/aromatic N) is 12. The Hall–Kier alpha value is -19.8. The summed E-state index contributed by atoms with van der Waals surface area (Å²) in [6.45, 7) is 23.6. The van der Waals surface area contributed by atoms with Crippen molar-refractivity contribution in [3.8, 4) is 97.2 Å². The van der Waals surface area contributed by atoms with Crippen molar-refractivity contribution in [3.05, 3.63) is 472 Å². The zero-order chi connectivity index (χ0) is 103. The lowest BCUT2D eigenvalue weighted by Crippen LogP contribution is -2.22. The number of hydrogen-bond acceptors (Lipinski definition) is 17. The minimum absolute atomic E-state index is 0.000945. The van der Waals surface area contributed by atoms with Crippen LogP contribution in [0, 0.1) is 38.2 Å². The topological polar surface area (TPSA) is 322 Å². The van der Waals surface area contributed by atoms with Gasteiger partial charge in [0.2, 0.25) is 23.6 Å². The van der Waals surface area contributed by atoms with Crippen LogP contribution >= 0.6 is 11.6 Å². The van der Waals surface area contributed by atoms with Gasteiger partial charge in [-0.1, -0.05) is 98.6 Å². The maximum Gasteiger partial charge on any atom is 0.338 e. The van der Waals surface area contributed by atoms with Crippen LogP contribution in [-0.2, 0) is 19.2 Å². The SMILES string of the molecule is C=CC(=O)Nc1cccc(-n2c(=O)n(-c3ccc(Oc4cccc(C)c4)c(C)c3)c3cnccc32)c1.C=CC(=O)Nc1cccc(-n2c(=O)n(-c3ccc(Oc4cccc(C)c4)c(F)c3)c3cnccc32)c1.C=CC(=O)Nc1cccc(-n2c(=O)n(-c3ccc(Oc4cccc(Cl)c4)c(F)c3)c3cnccc32)c1.C=CC(=O)Nc1cccc(-n2c(=O)n(-c3ccc(Oc4cccc(OC(C)C)c4)c(F)c3)c3cnccc32)c1. The number of rotatable bonds is 26. The van der Waals surface area contributed by atoms with Gasteiger partial charge in [0.1, 0.15) is 34.5 Å². The second kappa shape index (κ2) is 44.0. The predicted molar refractivity (Wildman–Crippen MR) is 563 cm³/mol. The molecule has 8 aromatic heterocycles. The molecule has 0 bridgehead atoms. The number of halogens is 4. The first-order valence-electron chi connectivity index (χ1n) is 45.5. The molecule has 0 spiro atoms. The van der Waals surface area contributed by atoms with Gasteiger partial charge in [0.25, 0.3) is 0 Å². The van der Waals surface area contributed by atoms with E-state index in [1.54, 1.807) is 241 Å². The van der Waals surface area contributed by atoms with Crippen LogP contribution in [0.2, 0.25) is 5.02 Å². The first kappa shape index (κ1) is 98.8. The Morgan fingerprint density at radius 1 is 0.299 bits per heavy atom. The van der Waals surface area contributed by atoms with Crippen LogP contribution in [0.1, 0.15) is 30.5 Å². The molecular weight excluding hydrogens is 1890 g/mol. The van der Waals surface area contributed by atoms with Gasteiger partial charge in [-0.2, -0.15) is 0 Å². The minimum Gasteiger partial charge on any atom is -0.491 e. The Bertz CT molecular complexity index is 8240. The Morgan fingerprint density at radius 3 is 0.850 bits per heavy atom. The number of carbonyl (C=O) groups excluding carboxylic acids is 4. The summed E-state index contributed by atoms with van der Waals surface area (Å²) in [6, 6.07) is 81.8. The third kappa shape index (κ3) is 22.2. The third-order valence-electron chi connectivity index (χ3n) is 22.6. The van der Waals surface area contributed by atoms with E-state index in [4.69, 9.17) is 35.3 Å². The van der Waals surface area contributed by atoms with Gasteiger partial charge in [-0.25, -0.2) is 32.3 Å². The zero-order valence-electron chi connectivity index (χ0n) is 79.2. The molecule has 0 saturated carbocycles. The number of benzene rings is 12. The van der Waals surface area contributed by atoms with E-state index in [-0.39, 0.29) is 52.7 Å². The average Bonchev–Trinajstić information content (AvgIpc) is 1.61. The van der Waals surface area contributed by atoms with E-state index in [9.17, 15) is 38.4 Å². The van der Waals surface area contributed by atoms with E-state index in [2.05, 4.69) is 67.5 Å². The smallest absolute Gasteiger partial charge is 0.338 e. The van der Waals surface area contributed by atoms with E-state index in [0.29, 0.717) is 146 Å². The van der Waals surface area contributed by atoms with E-state index >= 15 is 13.2 Å². The van der Waals surface area contributed by atoms with Gasteiger partial charge in [-0.05, 0) is 282 Å². The molecule has 4 N–H and O–H groups in total. The molecule has 0 saturated heterocycles. The Kier molecular flexibility index (Phi) is 29.6. The molecule has 0 aliphatic heterocycles. The molecule has 147 heavy (non-hydrogen) atoms. The molecule has 20 rings (SSSR count). The van der Waals surface area contributed by atoms with Gasteiger partial charge >= 0.3 is 22.8 Å². The fourth-order valence-corrected chi connectivity index (χ4v) is 16.3. The molecular formula is C114H88ClF3N16O13. The Morgan fingerprint density at radius 2 is 0.558 bits per heavy atom. The van der Waals surface area contributed by atoms with Crippen LogP contribution in [0.25, 0.3) is 89.6 Å². The lowest BCUT2D eigenvalue weighted by Gasteiger charge is -2.12. The number of aryl methyl sites for hydroxylation is 3. The molecule has 730 valence electrons. The number of aromatic nitrogens is 12. The second-order valence-electron chi connectivity index (χ2n) is 33.2. The maximum absolute atomic E-state index is 15.3. The summed E-state index contributed by atoms with van der Waals surface area (Å²) in [5.41, 5.74) is 11.8. The molecule has 8 heterocycles. The summed E-state index contributed by atoms with van der Waals surface area (Å²) in [5, 5.41) is 11.3. The van der Waals surface area contributed by atoms with Crippen LogP contribution < -0.4 is 67.7 Å². The van der Waals surface area contributed by atoms with Gasteiger partial charge in [0.15, 0.2) is 34.7 Å². The van der Waals surface area contributed by atoms with Crippen molar-refractivity contribution in [1.29, 1.82) is 0 Å². The molecule has 29 nitrogen and oxygen atoms in total. The summed E-state index contributed by atoms with van der Waals surface area (Å²) in [4.78, 5) is 118. The van der Waals surface area contributed by atoms with E-state index in [0.717, 1.165) is 40.7 Å². The fourth-order valence-electron chi connectivity index (χ4n) is 16.1. The van der Waals surface area contributed by atoms with Crippen molar-refractivity contribution in [1.82, 2.24) is 56.5 Å². The molecule has 0 unspecified atom stereocenters. The number of anilines is 4. The number of pyridine rings is 4. The highest BCUT2D eigenvalue weighted by Gasteiger charge is 2.26. The van der Waals surface area contributed by atoms with Gasteiger partial charge in [0, 0.05) is 76.8 Å². The average molecular weight is 1980 g/mol. The Balaban J connectivity index is 0.000000134. The lowest BCUT2D eigenvalue weighted by molar-refractivity contribution is -0.112. The van der Waals surface area contributed by atoms with Crippen LogP contribution in [0.4, 0.5) is 35.9 Å².